The number of aliphatic imine (C=N–C) groups is 1. The van der Waals surface area contributed by atoms with Gasteiger partial charge in [-0.1, -0.05) is 30.7 Å². The van der Waals surface area contributed by atoms with E-state index in [4.69, 9.17) is 14.5 Å². The highest BCUT2D eigenvalue weighted by molar-refractivity contribution is 8.18. The largest absolute Gasteiger partial charge is 0.493 e. The van der Waals surface area contributed by atoms with E-state index in [1.165, 1.54) is 17.3 Å². The quantitative estimate of drug-likeness (QED) is 0.484. The van der Waals surface area contributed by atoms with Gasteiger partial charge in [0.25, 0.3) is 5.91 Å². The lowest BCUT2D eigenvalue weighted by atomic mass is 10.1. The molecular weight excluding hydrogens is 408 g/mol. The average Bonchev–Trinajstić information content (AvgIpc) is 3.04. The zero-order valence-electron chi connectivity index (χ0n) is 19.0. The zero-order valence-corrected chi connectivity index (χ0v) is 19.8. The van der Waals surface area contributed by atoms with E-state index in [-0.39, 0.29) is 18.1 Å². The number of carbonyl (C=O) groups excluding carboxylic acids is 1. The molecule has 1 aliphatic rings. The summed E-state index contributed by atoms with van der Waals surface area (Å²) in [6.07, 6.45) is 2.79. The van der Waals surface area contributed by atoms with Crippen LogP contribution >= 0.6 is 11.8 Å². The number of hydrogen-bond donors (Lipinski definition) is 0. The van der Waals surface area contributed by atoms with Crippen molar-refractivity contribution in [3.05, 3.63) is 58.5 Å². The summed E-state index contributed by atoms with van der Waals surface area (Å²) in [5.74, 6) is 1.31. The molecule has 0 saturated carbocycles. The van der Waals surface area contributed by atoms with Gasteiger partial charge in [-0.3, -0.25) is 9.69 Å². The number of amides is 1. The van der Waals surface area contributed by atoms with Crippen molar-refractivity contribution >= 4 is 34.6 Å². The van der Waals surface area contributed by atoms with Gasteiger partial charge in [-0.15, -0.1) is 0 Å². The van der Waals surface area contributed by atoms with Gasteiger partial charge >= 0.3 is 0 Å². The third kappa shape index (κ3) is 5.50. The molecule has 2 aromatic rings. The van der Waals surface area contributed by atoms with Crippen molar-refractivity contribution < 1.29 is 14.3 Å². The molecule has 164 valence electrons. The minimum atomic E-state index is -0.0216. The van der Waals surface area contributed by atoms with E-state index in [1.807, 2.05) is 76.2 Å². The fourth-order valence-electron chi connectivity index (χ4n) is 3.14. The van der Waals surface area contributed by atoms with Crippen molar-refractivity contribution in [1.29, 1.82) is 0 Å². The first-order chi connectivity index (χ1) is 14.8. The van der Waals surface area contributed by atoms with E-state index >= 15 is 0 Å². The molecule has 1 heterocycles. The van der Waals surface area contributed by atoms with Crippen molar-refractivity contribution in [3.8, 4) is 11.5 Å². The van der Waals surface area contributed by atoms with Crippen LogP contribution in [0.5, 0.6) is 11.5 Å². The summed E-state index contributed by atoms with van der Waals surface area (Å²) < 4.78 is 11.3. The Balaban J connectivity index is 1.95. The molecule has 1 aliphatic heterocycles. The fourth-order valence-corrected chi connectivity index (χ4v) is 4.23. The second-order valence-corrected chi connectivity index (χ2v) is 8.86. The highest BCUT2D eigenvalue weighted by Crippen LogP contribution is 2.37. The van der Waals surface area contributed by atoms with Gasteiger partial charge in [0.15, 0.2) is 16.7 Å². The number of benzene rings is 2. The lowest BCUT2D eigenvalue weighted by Gasteiger charge is -2.22. The van der Waals surface area contributed by atoms with E-state index in [0.29, 0.717) is 21.6 Å². The molecule has 0 radical (unpaired) electrons. The molecule has 5 nitrogen and oxygen atoms in total. The summed E-state index contributed by atoms with van der Waals surface area (Å²) >= 11 is 1.41. The number of amidine groups is 1. The van der Waals surface area contributed by atoms with Crippen LogP contribution in [0.1, 0.15) is 45.2 Å². The van der Waals surface area contributed by atoms with Crippen LogP contribution in [-0.4, -0.2) is 35.2 Å². The molecule has 0 bridgehead atoms. The standard InChI is InChI=1S/C25H30N2O3S/c1-7-18(5)27-24(28)23(31-25(27)26-20-11-8-17(4)9-12-20)15-19-10-13-21(30-16(2)3)22(14-19)29-6/h8-16,18H,7H2,1-6H3/b23-15+,26-25?/t18-/m1/s1. The highest BCUT2D eigenvalue weighted by atomic mass is 32.2. The van der Waals surface area contributed by atoms with Crippen LogP contribution in [0.3, 0.4) is 0 Å². The molecule has 0 N–H and O–H groups in total. The van der Waals surface area contributed by atoms with Crippen LogP contribution in [0.15, 0.2) is 52.4 Å². The van der Waals surface area contributed by atoms with Crippen LogP contribution < -0.4 is 9.47 Å². The Bertz CT molecular complexity index is 996. The number of nitrogens with zero attached hydrogens (tertiary/aromatic N) is 2. The summed E-state index contributed by atoms with van der Waals surface area (Å²) in [5.41, 5.74) is 2.90. The lowest BCUT2D eigenvalue weighted by Crippen LogP contribution is -2.36. The van der Waals surface area contributed by atoms with Crippen LogP contribution in [0, 0.1) is 6.92 Å². The molecule has 1 atom stereocenters. The molecule has 31 heavy (non-hydrogen) atoms. The first kappa shape index (κ1) is 22.9. The SMILES string of the molecule is CC[C@@H](C)N1C(=O)/C(=C\c2ccc(OC(C)C)c(OC)c2)SC1=Nc1ccc(C)cc1. The molecule has 1 saturated heterocycles. The molecule has 0 aromatic heterocycles. The van der Waals surface area contributed by atoms with E-state index < -0.39 is 0 Å². The maximum absolute atomic E-state index is 13.2. The first-order valence-electron chi connectivity index (χ1n) is 10.6. The number of ether oxygens (including phenoxy) is 2. The topological polar surface area (TPSA) is 51.1 Å². The third-order valence-corrected chi connectivity index (χ3v) is 5.96. The van der Waals surface area contributed by atoms with E-state index in [0.717, 1.165) is 17.7 Å². The van der Waals surface area contributed by atoms with Crippen LogP contribution in [0.25, 0.3) is 6.08 Å². The Morgan fingerprint density at radius 2 is 1.81 bits per heavy atom. The first-order valence-corrected chi connectivity index (χ1v) is 11.4. The van der Waals surface area contributed by atoms with Gasteiger partial charge in [0.05, 0.1) is 23.8 Å². The summed E-state index contributed by atoms with van der Waals surface area (Å²) in [5, 5.41) is 0.709. The number of rotatable bonds is 7. The Morgan fingerprint density at radius 1 is 1.10 bits per heavy atom. The summed E-state index contributed by atoms with van der Waals surface area (Å²) in [6, 6.07) is 13.8. The molecule has 0 spiro atoms. The Kier molecular flexibility index (Phi) is 7.44. The van der Waals surface area contributed by atoms with E-state index in [9.17, 15) is 4.79 Å². The molecule has 1 fully saturated rings. The highest BCUT2D eigenvalue weighted by Gasteiger charge is 2.36. The van der Waals surface area contributed by atoms with Gasteiger partial charge < -0.3 is 9.47 Å². The second-order valence-electron chi connectivity index (χ2n) is 7.85. The van der Waals surface area contributed by atoms with Gasteiger partial charge in [0.1, 0.15) is 0 Å². The van der Waals surface area contributed by atoms with Gasteiger partial charge in [-0.25, -0.2) is 4.99 Å². The normalized spacial score (nSPS) is 17.6. The van der Waals surface area contributed by atoms with Crippen LogP contribution in [-0.2, 0) is 4.79 Å². The fraction of sp³-hybridized carbons (Fsp3) is 0.360. The van der Waals surface area contributed by atoms with E-state index in [2.05, 4.69) is 6.92 Å². The average molecular weight is 439 g/mol. The Labute approximate surface area is 189 Å². The molecule has 6 heteroatoms. The Morgan fingerprint density at radius 3 is 2.42 bits per heavy atom. The van der Waals surface area contributed by atoms with Crippen molar-refractivity contribution in [2.45, 2.75) is 53.2 Å². The molecule has 3 rings (SSSR count). The molecular formula is C25H30N2O3S. The smallest absolute Gasteiger partial charge is 0.266 e. The number of hydrogen-bond acceptors (Lipinski definition) is 5. The van der Waals surface area contributed by atoms with E-state index in [1.54, 1.807) is 12.0 Å². The summed E-state index contributed by atoms with van der Waals surface area (Å²) in [7, 11) is 1.62. The molecule has 1 amide bonds. The van der Waals surface area contributed by atoms with Crippen molar-refractivity contribution in [1.82, 2.24) is 4.90 Å². The van der Waals surface area contributed by atoms with Crippen LogP contribution in [0.2, 0.25) is 0 Å². The van der Waals surface area contributed by atoms with Gasteiger partial charge in [-0.05, 0) is 81.8 Å². The van der Waals surface area contributed by atoms with Crippen molar-refractivity contribution in [3.63, 3.8) is 0 Å². The van der Waals surface area contributed by atoms with Gasteiger partial charge in [0, 0.05) is 6.04 Å². The minimum absolute atomic E-state index is 0.0216. The number of aryl methyl sites for hydroxylation is 1. The summed E-state index contributed by atoms with van der Waals surface area (Å²) in [6.45, 7) is 10.1. The predicted molar refractivity (Wildman–Crippen MR) is 129 cm³/mol. The predicted octanol–water partition coefficient (Wildman–Crippen LogP) is 6.19. The number of thioether (sulfide) groups is 1. The second kappa shape index (κ2) is 10.1. The van der Waals surface area contributed by atoms with Gasteiger partial charge in [-0.2, -0.15) is 0 Å². The molecule has 0 unspecified atom stereocenters. The molecule has 0 aliphatic carbocycles. The number of methoxy groups -OCH3 is 1. The monoisotopic (exact) mass is 438 g/mol. The lowest BCUT2D eigenvalue weighted by molar-refractivity contribution is -0.123. The minimum Gasteiger partial charge on any atom is -0.493 e. The van der Waals surface area contributed by atoms with Gasteiger partial charge in [0.2, 0.25) is 0 Å². The number of carbonyl (C=O) groups is 1. The Hall–Kier alpha value is -2.73. The maximum Gasteiger partial charge on any atom is 0.266 e. The third-order valence-electron chi connectivity index (χ3n) is 4.98. The van der Waals surface area contributed by atoms with Crippen molar-refractivity contribution in [2.75, 3.05) is 7.11 Å². The molecule has 2 aromatic carbocycles. The maximum atomic E-state index is 13.2. The zero-order chi connectivity index (χ0) is 22.5. The van der Waals surface area contributed by atoms with Crippen LogP contribution in [0.4, 0.5) is 5.69 Å². The van der Waals surface area contributed by atoms with Crippen molar-refractivity contribution in [2.24, 2.45) is 4.99 Å². The summed E-state index contributed by atoms with van der Waals surface area (Å²) in [4.78, 5) is 20.4.